The van der Waals surface area contributed by atoms with Crippen molar-refractivity contribution >= 4 is 10.0 Å². The van der Waals surface area contributed by atoms with Gasteiger partial charge in [0.25, 0.3) is 0 Å². The van der Waals surface area contributed by atoms with Gasteiger partial charge in [0.15, 0.2) is 0 Å². The Morgan fingerprint density at radius 1 is 1.06 bits per heavy atom. The van der Waals surface area contributed by atoms with Gasteiger partial charge in [0.05, 0.1) is 10.6 Å². The lowest BCUT2D eigenvalue weighted by molar-refractivity contribution is 0.185. The molecular formula is C23H29N5O2S. The van der Waals surface area contributed by atoms with Crippen LogP contribution in [0.5, 0.6) is 0 Å². The molecule has 4 rings (SSSR count). The van der Waals surface area contributed by atoms with Gasteiger partial charge in [-0.1, -0.05) is 49.6 Å². The van der Waals surface area contributed by atoms with E-state index in [4.69, 9.17) is 0 Å². The Balaban J connectivity index is 1.72. The van der Waals surface area contributed by atoms with E-state index in [1.807, 2.05) is 38.1 Å². The highest BCUT2D eigenvalue weighted by Gasteiger charge is 2.36. The van der Waals surface area contributed by atoms with Gasteiger partial charge >= 0.3 is 0 Å². The summed E-state index contributed by atoms with van der Waals surface area (Å²) < 4.78 is 31.0. The predicted molar refractivity (Wildman–Crippen MR) is 119 cm³/mol. The van der Waals surface area contributed by atoms with Gasteiger partial charge in [-0.05, 0) is 72.4 Å². The number of rotatable bonds is 6. The van der Waals surface area contributed by atoms with Crippen LogP contribution in [-0.4, -0.2) is 39.0 Å². The monoisotopic (exact) mass is 439 g/mol. The third kappa shape index (κ3) is 4.55. The number of hydrogen-bond acceptors (Lipinski definition) is 5. The first-order chi connectivity index (χ1) is 14.9. The maximum absolute atomic E-state index is 13.9. The molecule has 0 unspecified atom stereocenters. The van der Waals surface area contributed by atoms with Crippen molar-refractivity contribution in [2.75, 3.05) is 0 Å². The van der Waals surface area contributed by atoms with Crippen LogP contribution in [0.25, 0.3) is 5.69 Å². The summed E-state index contributed by atoms with van der Waals surface area (Å²) in [5.74, 6) is 0.329. The molecule has 1 saturated carbocycles. The molecule has 1 fully saturated rings. The highest BCUT2D eigenvalue weighted by molar-refractivity contribution is 7.89. The number of tetrazole rings is 1. The molecule has 1 aliphatic rings. The van der Waals surface area contributed by atoms with Crippen molar-refractivity contribution < 1.29 is 8.42 Å². The van der Waals surface area contributed by atoms with Crippen molar-refractivity contribution in [2.45, 2.75) is 63.9 Å². The molecule has 3 aromatic rings. The average molecular weight is 440 g/mol. The fourth-order valence-corrected chi connectivity index (χ4v) is 6.26. The summed E-state index contributed by atoms with van der Waals surface area (Å²) in [7, 11) is -3.68. The predicted octanol–water partition coefficient (Wildman–Crippen LogP) is 4.05. The van der Waals surface area contributed by atoms with Gasteiger partial charge in [0.2, 0.25) is 10.0 Å². The molecule has 7 nitrogen and oxygen atoms in total. The minimum Gasteiger partial charge on any atom is -0.207 e. The highest BCUT2D eigenvalue weighted by atomic mass is 32.2. The number of aromatic nitrogens is 4. The van der Waals surface area contributed by atoms with Crippen LogP contribution in [0.1, 0.15) is 49.3 Å². The topological polar surface area (TPSA) is 81.0 Å². The van der Waals surface area contributed by atoms with E-state index in [0.717, 1.165) is 48.1 Å². The van der Waals surface area contributed by atoms with E-state index >= 15 is 0 Å². The van der Waals surface area contributed by atoms with Crippen LogP contribution in [0.3, 0.4) is 0 Å². The summed E-state index contributed by atoms with van der Waals surface area (Å²) in [5, 5.41) is 11.3. The van der Waals surface area contributed by atoms with Gasteiger partial charge in [-0.3, -0.25) is 0 Å². The Hall–Kier alpha value is -2.58. The largest absolute Gasteiger partial charge is 0.243 e. The molecular weight excluding hydrogens is 410 g/mol. The zero-order chi connectivity index (χ0) is 22.0. The number of nitrogens with zero attached hydrogens (tertiary/aromatic N) is 5. The van der Waals surface area contributed by atoms with Crippen LogP contribution in [-0.2, 0) is 16.6 Å². The van der Waals surface area contributed by atoms with Gasteiger partial charge in [0.1, 0.15) is 6.33 Å². The van der Waals surface area contributed by atoms with E-state index in [2.05, 4.69) is 22.4 Å². The molecule has 0 N–H and O–H groups in total. The van der Waals surface area contributed by atoms with Crippen LogP contribution >= 0.6 is 0 Å². The van der Waals surface area contributed by atoms with Gasteiger partial charge in [-0.15, -0.1) is 5.10 Å². The van der Waals surface area contributed by atoms with Crippen molar-refractivity contribution in [1.82, 2.24) is 24.5 Å². The number of hydrogen-bond donors (Lipinski definition) is 0. The summed E-state index contributed by atoms with van der Waals surface area (Å²) in [6.45, 7) is 6.47. The Bertz CT molecular complexity index is 1130. The second-order valence-electron chi connectivity index (χ2n) is 8.57. The van der Waals surface area contributed by atoms with E-state index in [-0.39, 0.29) is 6.04 Å². The Kier molecular flexibility index (Phi) is 6.20. The molecule has 2 atom stereocenters. The first kappa shape index (κ1) is 21.6. The number of aryl methyl sites for hydroxylation is 2. The Morgan fingerprint density at radius 2 is 1.81 bits per heavy atom. The van der Waals surface area contributed by atoms with Crippen molar-refractivity contribution in [1.29, 1.82) is 0 Å². The minimum absolute atomic E-state index is 0.000416. The molecule has 8 heteroatoms. The van der Waals surface area contributed by atoms with Gasteiger partial charge in [-0.25, -0.2) is 13.1 Å². The van der Waals surface area contributed by atoms with Gasteiger partial charge in [-0.2, -0.15) is 4.31 Å². The van der Waals surface area contributed by atoms with Gasteiger partial charge < -0.3 is 0 Å². The third-order valence-electron chi connectivity index (χ3n) is 6.27. The van der Waals surface area contributed by atoms with Gasteiger partial charge in [0, 0.05) is 12.6 Å². The van der Waals surface area contributed by atoms with Crippen molar-refractivity contribution in [3.8, 4) is 5.69 Å². The molecule has 2 aromatic carbocycles. The summed E-state index contributed by atoms with van der Waals surface area (Å²) in [6.07, 6.45) is 5.68. The molecule has 0 amide bonds. The lowest BCUT2D eigenvalue weighted by Gasteiger charge is -2.38. The lowest BCUT2D eigenvalue weighted by Crippen LogP contribution is -2.44. The van der Waals surface area contributed by atoms with Crippen LogP contribution in [0, 0.1) is 19.8 Å². The average Bonchev–Trinajstić information content (AvgIpc) is 3.28. The lowest BCUT2D eigenvalue weighted by atomic mass is 9.86. The van der Waals surface area contributed by atoms with Crippen molar-refractivity contribution in [2.24, 2.45) is 5.92 Å². The smallest absolute Gasteiger partial charge is 0.207 e. The molecule has 1 heterocycles. The molecule has 1 aromatic heterocycles. The maximum atomic E-state index is 13.9. The van der Waals surface area contributed by atoms with E-state index in [1.54, 1.807) is 27.2 Å². The quantitative estimate of drug-likeness (QED) is 0.579. The van der Waals surface area contributed by atoms with Crippen LogP contribution in [0.2, 0.25) is 0 Å². The molecule has 0 aliphatic heterocycles. The zero-order valence-electron chi connectivity index (χ0n) is 18.3. The minimum atomic E-state index is -3.68. The maximum Gasteiger partial charge on any atom is 0.243 e. The third-order valence-corrected chi connectivity index (χ3v) is 8.13. The van der Waals surface area contributed by atoms with Crippen LogP contribution < -0.4 is 0 Å². The number of sulfonamides is 1. The Labute approximate surface area is 184 Å². The second-order valence-corrected chi connectivity index (χ2v) is 10.5. The molecule has 0 spiro atoms. The summed E-state index contributed by atoms with van der Waals surface area (Å²) >= 11 is 0. The first-order valence-corrected chi connectivity index (χ1v) is 12.2. The van der Waals surface area contributed by atoms with E-state index in [9.17, 15) is 8.42 Å². The molecule has 31 heavy (non-hydrogen) atoms. The van der Waals surface area contributed by atoms with Crippen molar-refractivity contribution in [3.05, 3.63) is 65.5 Å². The normalized spacial score (nSPS) is 19.6. The zero-order valence-corrected chi connectivity index (χ0v) is 19.1. The fourth-order valence-electron chi connectivity index (χ4n) is 4.43. The molecule has 0 radical (unpaired) electrons. The molecule has 1 aliphatic carbocycles. The standard InChI is InChI=1S/C23H29N5O2S/c1-17-8-10-20(11-9-17)15-28(23-7-5-4-6-18(23)2)31(29,30)21-12-13-22(19(3)14-21)27-16-24-25-26-27/h8-14,16,18,23H,4-7,15H2,1-3H3/t18-,23-/m1/s1. The van der Waals surface area contributed by atoms with E-state index < -0.39 is 10.0 Å². The van der Waals surface area contributed by atoms with Crippen LogP contribution in [0.4, 0.5) is 0 Å². The van der Waals surface area contributed by atoms with E-state index in [0.29, 0.717) is 17.4 Å². The van der Waals surface area contributed by atoms with Crippen molar-refractivity contribution in [3.63, 3.8) is 0 Å². The Morgan fingerprint density at radius 3 is 2.45 bits per heavy atom. The van der Waals surface area contributed by atoms with Crippen LogP contribution in [0.15, 0.2) is 53.7 Å². The fraction of sp³-hybridized carbons (Fsp3) is 0.435. The first-order valence-electron chi connectivity index (χ1n) is 10.8. The SMILES string of the molecule is Cc1ccc(CN([C@@H]2CCCC[C@H]2C)S(=O)(=O)c2ccc(-n3cnnn3)c(C)c2)cc1. The molecule has 164 valence electrons. The molecule has 0 bridgehead atoms. The number of benzene rings is 2. The summed E-state index contributed by atoms with van der Waals surface area (Å²) in [4.78, 5) is 0.312. The highest BCUT2D eigenvalue weighted by Crippen LogP contribution is 2.33. The summed E-state index contributed by atoms with van der Waals surface area (Å²) in [6, 6.07) is 13.3. The second kappa shape index (κ2) is 8.88. The summed E-state index contributed by atoms with van der Waals surface area (Å²) in [5.41, 5.74) is 3.74. The van der Waals surface area contributed by atoms with E-state index in [1.165, 1.54) is 6.33 Å². The molecule has 0 saturated heterocycles.